The zero-order chi connectivity index (χ0) is 19.3. The fourth-order valence-electron chi connectivity index (χ4n) is 4.90. The smallest absolute Gasteiger partial charge is 0.274 e. The monoisotopic (exact) mass is 383 g/mol. The third-order valence-corrected chi connectivity index (χ3v) is 6.95. The van der Waals surface area contributed by atoms with Crippen LogP contribution in [0.3, 0.4) is 0 Å². The number of aromatic nitrogens is 1. The van der Waals surface area contributed by atoms with E-state index in [-0.39, 0.29) is 11.8 Å². The highest BCUT2D eigenvalue weighted by atomic mass is 32.1. The van der Waals surface area contributed by atoms with E-state index < -0.39 is 11.9 Å². The molecule has 2 heterocycles. The highest BCUT2D eigenvalue weighted by Crippen LogP contribution is 2.45. The third-order valence-electron chi connectivity index (χ3n) is 5.93. The first-order chi connectivity index (χ1) is 12.8. The Morgan fingerprint density at radius 1 is 1.26 bits per heavy atom. The maximum atomic E-state index is 13.4. The second-order valence-electron chi connectivity index (χ2n) is 8.09. The Morgan fingerprint density at radius 3 is 2.74 bits per heavy atom. The van der Waals surface area contributed by atoms with Crippen molar-refractivity contribution in [2.45, 2.75) is 39.7 Å². The quantitative estimate of drug-likeness (QED) is 0.882. The minimum Gasteiger partial charge on any atom is -0.368 e. The van der Waals surface area contributed by atoms with Crippen LogP contribution in [0.25, 0.3) is 10.4 Å². The zero-order valence-corrected chi connectivity index (χ0v) is 16.8. The van der Waals surface area contributed by atoms with Gasteiger partial charge in [-0.25, -0.2) is 4.98 Å². The number of nitrogens with zero attached hydrogens (tertiary/aromatic N) is 2. The fourth-order valence-corrected chi connectivity index (χ4v) is 5.81. The van der Waals surface area contributed by atoms with E-state index in [1.807, 2.05) is 32.0 Å². The number of likely N-dealkylation sites (tertiary alicyclic amines) is 1. The van der Waals surface area contributed by atoms with Gasteiger partial charge >= 0.3 is 0 Å². The molecule has 5 nitrogen and oxygen atoms in total. The van der Waals surface area contributed by atoms with Gasteiger partial charge in [0.25, 0.3) is 5.91 Å². The summed E-state index contributed by atoms with van der Waals surface area (Å²) in [5.41, 5.74) is 8.30. The number of amides is 2. The van der Waals surface area contributed by atoms with Crippen molar-refractivity contribution in [3.8, 4) is 10.4 Å². The number of carbonyl (C=O) groups excluding carboxylic acids is 2. The molecule has 0 spiro atoms. The van der Waals surface area contributed by atoms with Gasteiger partial charge in [-0.15, -0.1) is 11.3 Å². The Bertz CT molecular complexity index is 907. The molecule has 1 saturated heterocycles. The van der Waals surface area contributed by atoms with Crippen LogP contribution in [-0.4, -0.2) is 34.3 Å². The van der Waals surface area contributed by atoms with E-state index in [9.17, 15) is 9.59 Å². The van der Waals surface area contributed by atoms with E-state index in [2.05, 4.69) is 18.0 Å². The number of thiazole rings is 1. The molecule has 4 rings (SSSR count). The average molecular weight is 384 g/mol. The first kappa shape index (κ1) is 18.2. The van der Waals surface area contributed by atoms with E-state index in [0.717, 1.165) is 33.9 Å². The molecule has 2 amide bonds. The number of benzene rings is 1. The van der Waals surface area contributed by atoms with Gasteiger partial charge in [0.15, 0.2) is 0 Å². The second kappa shape index (κ2) is 6.75. The van der Waals surface area contributed by atoms with Gasteiger partial charge < -0.3 is 10.6 Å². The molecule has 0 bridgehead atoms. The summed E-state index contributed by atoms with van der Waals surface area (Å²) in [5.74, 6) is 0.575. The molecule has 142 valence electrons. The molecule has 4 atom stereocenters. The number of primary amides is 1. The lowest BCUT2D eigenvalue weighted by Crippen LogP contribution is -2.46. The molecule has 1 aliphatic heterocycles. The van der Waals surface area contributed by atoms with Gasteiger partial charge in [0.05, 0.1) is 9.88 Å². The highest BCUT2D eigenvalue weighted by molar-refractivity contribution is 7.15. The predicted molar refractivity (Wildman–Crippen MR) is 106 cm³/mol. The predicted octanol–water partition coefficient (Wildman–Crippen LogP) is 3.40. The van der Waals surface area contributed by atoms with Crippen LogP contribution in [0, 0.1) is 31.6 Å². The van der Waals surface area contributed by atoms with Crippen LogP contribution in [0.1, 0.15) is 40.8 Å². The molecule has 1 aliphatic carbocycles. The Morgan fingerprint density at radius 2 is 2.04 bits per heavy atom. The van der Waals surface area contributed by atoms with Crippen molar-refractivity contribution in [1.29, 1.82) is 0 Å². The number of nitrogens with two attached hydrogens (primary N) is 1. The lowest BCUT2D eigenvalue weighted by molar-refractivity contribution is -0.122. The number of rotatable bonds is 3. The average Bonchev–Trinajstić information content (AvgIpc) is 3.25. The molecule has 2 aromatic rings. The van der Waals surface area contributed by atoms with Crippen molar-refractivity contribution in [3.63, 3.8) is 0 Å². The minimum absolute atomic E-state index is 0.165. The van der Waals surface area contributed by atoms with Crippen molar-refractivity contribution < 1.29 is 9.59 Å². The molecular weight excluding hydrogens is 358 g/mol. The van der Waals surface area contributed by atoms with E-state index in [4.69, 9.17) is 5.73 Å². The number of fused-ring (bicyclic) bond motifs is 1. The van der Waals surface area contributed by atoms with E-state index in [0.29, 0.717) is 24.1 Å². The number of hydrogen-bond acceptors (Lipinski definition) is 4. The largest absolute Gasteiger partial charge is 0.368 e. The lowest BCUT2D eigenvalue weighted by Gasteiger charge is -2.25. The van der Waals surface area contributed by atoms with Gasteiger partial charge in [0.2, 0.25) is 5.91 Å². The van der Waals surface area contributed by atoms with Crippen LogP contribution in [0.4, 0.5) is 0 Å². The van der Waals surface area contributed by atoms with Gasteiger partial charge in [-0.3, -0.25) is 9.59 Å². The first-order valence-corrected chi connectivity index (χ1v) is 10.3. The Balaban J connectivity index is 1.70. The van der Waals surface area contributed by atoms with Crippen LogP contribution in [0.2, 0.25) is 0 Å². The summed E-state index contributed by atoms with van der Waals surface area (Å²) in [6.07, 6.45) is 2.02. The van der Waals surface area contributed by atoms with Crippen LogP contribution < -0.4 is 5.73 Å². The summed E-state index contributed by atoms with van der Waals surface area (Å²) in [7, 11) is 0. The Labute approximate surface area is 163 Å². The topological polar surface area (TPSA) is 76.3 Å². The Kier molecular flexibility index (Phi) is 4.54. The molecule has 1 unspecified atom stereocenters. The lowest BCUT2D eigenvalue weighted by atomic mass is 9.93. The van der Waals surface area contributed by atoms with E-state index in [1.165, 1.54) is 11.3 Å². The van der Waals surface area contributed by atoms with Crippen molar-refractivity contribution in [2.24, 2.45) is 23.5 Å². The molecule has 1 aromatic heterocycles. The van der Waals surface area contributed by atoms with Crippen molar-refractivity contribution >= 4 is 23.2 Å². The fraction of sp³-hybridized carbons (Fsp3) is 0.476. The molecular formula is C21H25N3O2S. The SMILES string of the molecule is Cc1cccc(-c2sc(C)nc2C(=O)N2C[C@@H]3CC(C)C[C@@H]3[C@H]2C(N)=O)c1. The molecule has 1 saturated carbocycles. The van der Waals surface area contributed by atoms with Crippen molar-refractivity contribution in [2.75, 3.05) is 6.54 Å². The maximum absolute atomic E-state index is 13.4. The standard InChI is InChI=1S/C21H25N3O2S/c1-11-5-4-6-14(7-11)19-17(23-13(3)27-19)21(26)24-10-15-8-12(2)9-16(15)18(24)20(22)25/h4-7,12,15-16,18H,8-10H2,1-3H3,(H2,22,25)/t12?,15-,16-,18-/m0/s1. The molecule has 2 N–H and O–H groups in total. The number of hydrogen-bond donors (Lipinski definition) is 1. The Hall–Kier alpha value is -2.21. The van der Waals surface area contributed by atoms with Crippen LogP contribution in [0.15, 0.2) is 24.3 Å². The van der Waals surface area contributed by atoms with Gasteiger partial charge in [-0.05, 0) is 50.0 Å². The molecule has 2 aliphatic rings. The maximum Gasteiger partial charge on any atom is 0.274 e. The van der Waals surface area contributed by atoms with Gasteiger partial charge in [0, 0.05) is 6.54 Å². The van der Waals surface area contributed by atoms with Gasteiger partial charge in [0.1, 0.15) is 11.7 Å². The van der Waals surface area contributed by atoms with Gasteiger partial charge in [-0.1, -0.05) is 36.8 Å². The first-order valence-electron chi connectivity index (χ1n) is 9.50. The summed E-state index contributed by atoms with van der Waals surface area (Å²) in [4.78, 5) is 32.7. The highest BCUT2D eigenvalue weighted by Gasteiger charge is 2.51. The van der Waals surface area contributed by atoms with Gasteiger partial charge in [-0.2, -0.15) is 0 Å². The molecule has 0 radical (unpaired) electrons. The van der Waals surface area contributed by atoms with Crippen LogP contribution >= 0.6 is 11.3 Å². The summed E-state index contributed by atoms with van der Waals surface area (Å²) >= 11 is 1.52. The second-order valence-corrected chi connectivity index (χ2v) is 9.29. The zero-order valence-electron chi connectivity index (χ0n) is 15.9. The number of carbonyl (C=O) groups is 2. The minimum atomic E-state index is -0.514. The normalized spacial score (nSPS) is 27.0. The molecule has 1 aromatic carbocycles. The molecule has 6 heteroatoms. The summed E-state index contributed by atoms with van der Waals surface area (Å²) in [5, 5.41) is 0.846. The van der Waals surface area contributed by atoms with E-state index >= 15 is 0 Å². The number of aryl methyl sites for hydroxylation is 2. The third kappa shape index (κ3) is 3.16. The summed E-state index contributed by atoms with van der Waals surface area (Å²) in [6, 6.07) is 7.57. The van der Waals surface area contributed by atoms with E-state index in [1.54, 1.807) is 4.90 Å². The molecule has 2 fully saturated rings. The van der Waals surface area contributed by atoms with Crippen molar-refractivity contribution in [1.82, 2.24) is 9.88 Å². The van der Waals surface area contributed by atoms with Crippen molar-refractivity contribution in [3.05, 3.63) is 40.5 Å². The summed E-state index contributed by atoms with van der Waals surface area (Å²) in [6.45, 7) is 6.75. The van der Waals surface area contributed by atoms with Crippen LogP contribution in [-0.2, 0) is 4.79 Å². The summed E-state index contributed by atoms with van der Waals surface area (Å²) < 4.78 is 0. The molecule has 27 heavy (non-hydrogen) atoms. The van der Waals surface area contributed by atoms with Crippen LogP contribution in [0.5, 0.6) is 0 Å².